The van der Waals surface area contributed by atoms with Crippen LogP contribution in [0.5, 0.6) is 5.75 Å². The minimum Gasteiger partial charge on any atom is -0.491 e. The number of fused-ring (bicyclic) bond motifs is 1. The maximum atomic E-state index is 12.4. The first-order valence-corrected chi connectivity index (χ1v) is 12.2. The number of hydrogen-bond acceptors (Lipinski definition) is 5. The topological polar surface area (TPSA) is 97.6 Å². The molecule has 174 valence electrons. The lowest BCUT2D eigenvalue weighted by Gasteiger charge is -2.09. The second kappa shape index (κ2) is 10.8. The van der Waals surface area contributed by atoms with Gasteiger partial charge in [0, 0.05) is 11.5 Å². The average molecular weight is 477 g/mol. The Hall–Kier alpha value is -3.88. The van der Waals surface area contributed by atoms with Crippen LogP contribution in [-0.2, 0) is 21.4 Å². The highest BCUT2D eigenvalue weighted by Gasteiger charge is 2.14. The molecule has 8 heteroatoms. The highest BCUT2D eigenvalue weighted by molar-refractivity contribution is 7.89. The lowest BCUT2D eigenvalue weighted by atomic mass is 10.1. The molecule has 0 unspecified atom stereocenters. The number of nitrogens with one attached hydrogen (secondary N) is 2. The molecule has 0 saturated heterocycles. The monoisotopic (exact) mass is 476 g/mol. The SMILES string of the molecule is O=C(/C=C/c1ccc(S(=O)(=O)NCc2ccco2)cc1)NCCOc1cccc2ccccc12. The van der Waals surface area contributed by atoms with E-state index in [1.807, 2.05) is 42.5 Å². The Morgan fingerprint density at radius 2 is 1.74 bits per heavy atom. The van der Waals surface area contributed by atoms with Gasteiger partial charge in [0.05, 0.1) is 24.2 Å². The molecule has 0 spiro atoms. The van der Waals surface area contributed by atoms with E-state index in [-0.39, 0.29) is 17.3 Å². The van der Waals surface area contributed by atoms with Gasteiger partial charge in [-0.15, -0.1) is 0 Å². The summed E-state index contributed by atoms with van der Waals surface area (Å²) < 4.78 is 38.2. The van der Waals surface area contributed by atoms with Gasteiger partial charge in [0.25, 0.3) is 0 Å². The summed E-state index contributed by atoms with van der Waals surface area (Å²) in [5.41, 5.74) is 0.701. The molecule has 0 bridgehead atoms. The zero-order chi connectivity index (χ0) is 23.8. The molecule has 0 atom stereocenters. The van der Waals surface area contributed by atoms with Crippen molar-refractivity contribution in [3.63, 3.8) is 0 Å². The predicted molar refractivity (Wildman–Crippen MR) is 131 cm³/mol. The fourth-order valence-corrected chi connectivity index (χ4v) is 4.30. The van der Waals surface area contributed by atoms with Gasteiger partial charge in [-0.25, -0.2) is 13.1 Å². The van der Waals surface area contributed by atoms with Crippen molar-refractivity contribution >= 4 is 32.8 Å². The summed E-state index contributed by atoms with van der Waals surface area (Å²) in [7, 11) is -3.66. The van der Waals surface area contributed by atoms with Crippen LogP contribution in [0.3, 0.4) is 0 Å². The molecule has 7 nitrogen and oxygen atoms in total. The van der Waals surface area contributed by atoms with E-state index in [0.29, 0.717) is 24.5 Å². The summed E-state index contributed by atoms with van der Waals surface area (Å²) in [5.74, 6) is 1.03. The van der Waals surface area contributed by atoms with Gasteiger partial charge in [-0.1, -0.05) is 48.5 Å². The molecular weight excluding hydrogens is 452 g/mol. The Balaban J connectivity index is 1.24. The zero-order valence-electron chi connectivity index (χ0n) is 18.3. The van der Waals surface area contributed by atoms with Crippen LogP contribution in [0.2, 0.25) is 0 Å². The molecule has 1 heterocycles. The summed E-state index contributed by atoms with van der Waals surface area (Å²) in [4.78, 5) is 12.2. The predicted octanol–water partition coefficient (Wildman–Crippen LogP) is 4.12. The standard InChI is InChI=1S/C26H24N2O5S/c29-26(27-16-18-33-25-9-3-6-21-5-1-2-8-24(21)25)15-12-20-10-13-23(14-11-20)34(30,31)28-19-22-7-4-17-32-22/h1-15,17,28H,16,18-19H2,(H,27,29)/b15-12+. The summed E-state index contributed by atoms with van der Waals surface area (Å²) in [6, 6.07) is 23.4. The summed E-state index contributed by atoms with van der Waals surface area (Å²) in [6.07, 6.45) is 4.50. The first kappa shape index (κ1) is 23.3. The van der Waals surface area contributed by atoms with Gasteiger partial charge in [0.1, 0.15) is 18.1 Å². The minimum absolute atomic E-state index is 0.0708. The number of sulfonamides is 1. The summed E-state index contributed by atoms with van der Waals surface area (Å²) >= 11 is 0. The van der Waals surface area contributed by atoms with Crippen molar-refractivity contribution in [1.29, 1.82) is 0 Å². The van der Waals surface area contributed by atoms with Gasteiger partial charge in [0.15, 0.2) is 0 Å². The Morgan fingerprint density at radius 1 is 0.941 bits per heavy atom. The lowest BCUT2D eigenvalue weighted by molar-refractivity contribution is -0.116. The summed E-state index contributed by atoms with van der Waals surface area (Å²) in [6.45, 7) is 0.761. The molecule has 1 amide bonds. The van der Waals surface area contributed by atoms with E-state index in [4.69, 9.17) is 9.15 Å². The van der Waals surface area contributed by atoms with Crippen molar-refractivity contribution in [1.82, 2.24) is 10.0 Å². The third kappa shape index (κ3) is 6.12. The fraction of sp³-hybridized carbons (Fsp3) is 0.115. The smallest absolute Gasteiger partial charge is 0.244 e. The number of furan rings is 1. The molecule has 0 fully saturated rings. The normalized spacial score (nSPS) is 11.6. The highest BCUT2D eigenvalue weighted by Crippen LogP contribution is 2.24. The van der Waals surface area contributed by atoms with Crippen molar-refractivity contribution in [2.75, 3.05) is 13.2 Å². The van der Waals surface area contributed by atoms with Crippen LogP contribution >= 0.6 is 0 Å². The number of rotatable bonds is 10. The molecule has 3 aromatic carbocycles. The van der Waals surface area contributed by atoms with Crippen molar-refractivity contribution in [3.05, 3.63) is 103 Å². The maximum Gasteiger partial charge on any atom is 0.244 e. The minimum atomic E-state index is -3.66. The molecule has 0 saturated carbocycles. The Labute approximate surface area is 198 Å². The molecule has 0 aliphatic carbocycles. The van der Waals surface area contributed by atoms with E-state index in [0.717, 1.165) is 16.5 Å². The maximum absolute atomic E-state index is 12.4. The van der Waals surface area contributed by atoms with Crippen molar-refractivity contribution in [2.24, 2.45) is 0 Å². The third-order valence-electron chi connectivity index (χ3n) is 5.04. The second-order valence-corrected chi connectivity index (χ2v) is 9.19. The van der Waals surface area contributed by atoms with Crippen LogP contribution in [0.1, 0.15) is 11.3 Å². The van der Waals surface area contributed by atoms with Gasteiger partial charge in [-0.3, -0.25) is 4.79 Å². The van der Waals surface area contributed by atoms with E-state index in [1.165, 1.54) is 24.5 Å². The third-order valence-corrected chi connectivity index (χ3v) is 6.46. The van der Waals surface area contributed by atoms with E-state index >= 15 is 0 Å². The van der Waals surface area contributed by atoms with Crippen molar-refractivity contribution in [2.45, 2.75) is 11.4 Å². The van der Waals surface area contributed by atoms with E-state index in [9.17, 15) is 13.2 Å². The number of carbonyl (C=O) groups is 1. The molecule has 0 aliphatic rings. The molecule has 4 aromatic rings. The van der Waals surface area contributed by atoms with Gasteiger partial charge < -0.3 is 14.5 Å². The van der Waals surface area contributed by atoms with Crippen LogP contribution in [0.4, 0.5) is 0 Å². The lowest BCUT2D eigenvalue weighted by Crippen LogP contribution is -2.26. The first-order chi connectivity index (χ1) is 16.5. The van der Waals surface area contributed by atoms with Crippen molar-refractivity contribution in [3.8, 4) is 5.75 Å². The Morgan fingerprint density at radius 3 is 2.53 bits per heavy atom. The summed E-state index contributed by atoms with van der Waals surface area (Å²) in [5, 5.41) is 4.89. The van der Waals surface area contributed by atoms with Crippen molar-refractivity contribution < 1.29 is 22.4 Å². The number of ether oxygens (including phenoxy) is 1. The number of carbonyl (C=O) groups excluding carboxylic acids is 1. The molecule has 1 aromatic heterocycles. The molecule has 2 N–H and O–H groups in total. The molecular formula is C26H24N2O5S. The fourth-order valence-electron chi connectivity index (χ4n) is 3.31. The number of amides is 1. The van der Waals surface area contributed by atoms with Crippen LogP contribution < -0.4 is 14.8 Å². The number of benzene rings is 3. The van der Waals surface area contributed by atoms with E-state index in [1.54, 1.807) is 30.3 Å². The van der Waals surface area contributed by atoms with Crippen LogP contribution in [-0.4, -0.2) is 27.5 Å². The van der Waals surface area contributed by atoms with E-state index in [2.05, 4.69) is 10.0 Å². The quantitative estimate of drug-likeness (QED) is 0.265. The van der Waals surface area contributed by atoms with Gasteiger partial charge in [0.2, 0.25) is 15.9 Å². The van der Waals surface area contributed by atoms with Crippen LogP contribution in [0.25, 0.3) is 16.8 Å². The van der Waals surface area contributed by atoms with Crippen LogP contribution in [0, 0.1) is 0 Å². The van der Waals surface area contributed by atoms with Gasteiger partial charge in [-0.05, 0) is 47.4 Å². The van der Waals surface area contributed by atoms with Gasteiger partial charge in [-0.2, -0.15) is 0 Å². The zero-order valence-corrected chi connectivity index (χ0v) is 19.1. The number of hydrogen-bond donors (Lipinski definition) is 2. The largest absolute Gasteiger partial charge is 0.491 e. The first-order valence-electron chi connectivity index (χ1n) is 10.7. The highest BCUT2D eigenvalue weighted by atomic mass is 32.2. The molecule has 4 rings (SSSR count). The van der Waals surface area contributed by atoms with Crippen LogP contribution in [0.15, 0.2) is 101 Å². The Kier molecular flexibility index (Phi) is 7.41. The Bertz CT molecular complexity index is 1370. The average Bonchev–Trinajstić information content (AvgIpc) is 3.38. The van der Waals surface area contributed by atoms with E-state index < -0.39 is 10.0 Å². The van der Waals surface area contributed by atoms with Gasteiger partial charge >= 0.3 is 0 Å². The molecule has 0 aliphatic heterocycles. The molecule has 34 heavy (non-hydrogen) atoms. The second-order valence-electron chi connectivity index (χ2n) is 7.42. The molecule has 0 radical (unpaired) electrons.